The average Bonchev–Trinajstić information content (AvgIpc) is 4.06. The minimum atomic E-state index is -2.81. The second-order valence-electron chi connectivity index (χ2n) is 21.6. The first kappa shape index (κ1) is 60.2. The summed E-state index contributed by atoms with van der Waals surface area (Å²) in [5, 5.41) is 7.55. The van der Waals surface area contributed by atoms with Gasteiger partial charge in [0.25, 0.3) is 16.6 Å². The second-order valence-corrected chi connectivity index (χ2v) is 32.6. The van der Waals surface area contributed by atoms with Gasteiger partial charge in [0.05, 0.1) is 39.6 Å². The standard InChI is InChI=1S/C29H35BrN4O4Si.C25H27Br2N3O3Si.C4H9NO/c1-21-24(34(28(35)38-21)26-19-25(30)31-27(32-26)33-15-17-36-18-16-33)20-37-39(29(2,3)4,22-11-7-5-8-12-22)23-13-9-6-10-14-23;1-17-20(30(24(31)33-17)22-15-21(26)28-23(27)29-22)16-32-34(25(2,3)4,18-11-7-5-8-12-18)19-13-9-6-10-14-19;1-3-6-4-2-5-1/h5-14,19,21,24H,15-18,20H2,1-4H3;5-15,17,20H,16H2,1-4H3;5H,1-4H2/t21-,24+;17-,20+;/m11./s1. The molecular weight excluding hydrogens is 1230 g/mol. The summed E-state index contributed by atoms with van der Waals surface area (Å²) in [4.78, 5) is 49.3. The molecule has 2 amide bonds. The zero-order valence-electron chi connectivity index (χ0n) is 46.1. The summed E-state index contributed by atoms with van der Waals surface area (Å²) < 4.78 is 37.7. The van der Waals surface area contributed by atoms with E-state index >= 15 is 0 Å². The van der Waals surface area contributed by atoms with Gasteiger partial charge in [0, 0.05) is 38.3 Å². The zero-order chi connectivity index (χ0) is 56.4. The lowest BCUT2D eigenvalue weighted by Gasteiger charge is -2.44. The second kappa shape index (κ2) is 26.8. The van der Waals surface area contributed by atoms with Crippen LogP contribution in [0.5, 0.6) is 0 Å². The van der Waals surface area contributed by atoms with Crippen molar-refractivity contribution < 1.29 is 37.4 Å². The SMILES string of the molecule is C1COCCN1.C[C@H]1OC(=O)N(c2cc(Br)nc(Br)n2)[C@H]1CO[Si](c1ccccc1)(c1ccccc1)C(C)(C)C.C[C@H]1OC(=O)N(c2cc(Br)nc(N3CCOCC3)n2)[C@H]1CO[Si](c1ccccc1)(c1ccccc1)C(C)(C)C. The van der Waals surface area contributed by atoms with E-state index in [0.717, 1.165) is 26.3 Å². The van der Waals surface area contributed by atoms with Gasteiger partial charge < -0.3 is 38.0 Å². The zero-order valence-corrected chi connectivity index (χ0v) is 52.9. The average molecular weight is 1300 g/mol. The van der Waals surface area contributed by atoms with Crippen molar-refractivity contribution in [2.75, 3.05) is 80.5 Å². The van der Waals surface area contributed by atoms with E-state index in [1.54, 1.807) is 21.9 Å². The van der Waals surface area contributed by atoms with Crippen LogP contribution in [0.2, 0.25) is 10.1 Å². The fourth-order valence-corrected chi connectivity index (χ4v) is 21.1. The molecule has 0 bridgehead atoms. The molecule has 2 aromatic heterocycles. The Hall–Kier alpha value is -4.95. The molecule has 4 saturated heterocycles. The number of aromatic nitrogens is 4. The summed E-state index contributed by atoms with van der Waals surface area (Å²) in [5.41, 5.74) is 0. The molecule has 4 aromatic carbocycles. The summed E-state index contributed by atoms with van der Waals surface area (Å²) in [7, 11) is -5.57. The maximum atomic E-state index is 13.2. The van der Waals surface area contributed by atoms with E-state index in [1.807, 2.05) is 38.1 Å². The molecule has 0 aliphatic carbocycles. The summed E-state index contributed by atoms with van der Waals surface area (Å²) in [5.74, 6) is 1.50. The Bertz CT molecular complexity index is 2830. The molecule has 1 N–H and O–H groups in total. The number of hydrogen-bond acceptors (Lipinski definition) is 14. The topological polar surface area (TPSA) is 163 Å². The minimum Gasteiger partial charge on any atom is -0.444 e. The molecule has 0 unspecified atom stereocenters. The highest BCUT2D eigenvalue weighted by atomic mass is 79.9. The van der Waals surface area contributed by atoms with Gasteiger partial charge in [-0.25, -0.2) is 24.5 Å². The van der Waals surface area contributed by atoms with Gasteiger partial charge in [-0.15, -0.1) is 0 Å². The van der Waals surface area contributed by atoms with Gasteiger partial charge in [-0.3, -0.25) is 9.80 Å². The van der Waals surface area contributed by atoms with E-state index in [4.69, 9.17) is 32.8 Å². The lowest BCUT2D eigenvalue weighted by atomic mass is 10.2. The van der Waals surface area contributed by atoms with Gasteiger partial charge >= 0.3 is 12.2 Å². The highest BCUT2D eigenvalue weighted by molar-refractivity contribution is 9.11. The van der Waals surface area contributed by atoms with Crippen LogP contribution < -0.4 is 40.8 Å². The predicted octanol–water partition coefficient (Wildman–Crippen LogP) is 9.26. The smallest absolute Gasteiger partial charge is 0.416 e. The van der Waals surface area contributed by atoms with E-state index in [0.29, 0.717) is 71.0 Å². The molecule has 0 radical (unpaired) electrons. The van der Waals surface area contributed by atoms with Gasteiger partial charge in [-0.2, -0.15) is 4.98 Å². The number of nitrogens with zero attached hydrogens (tertiary/aromatic N) is 7. The number of anilines is 3. The van der Waals surface area contributed by atoms with Gasteiger partial charge in [0.15, 0.2) is 4.73 Å². The molecule has 21 heteroatoms. The quantitative estimate of drug-likeness (QED) is 0.0662. The van der Waals surface area contributed by atoms with Crippen LogP contribution in [0.3, 0.4) is 0 Å². The number of ether oxygens (including phenoxy) is 4. The number of halogens is 3. The van der Waals surface area contributed by atoms with E-state index in [9.17, 15) is 9.59 Å². The van der Waals surface area contributed by atoms with E-state index in [-0.39, 0.29) is 34.4 Å². The van der Waals surface area contributed by atoms with Crippen molar-refractivity contribution in [2.24, 2.45) is 0 Å². The monoisotopic (exact) mass is 1300 g/mol. The van der Waals surface area contributed by atoms with Crippen molar-refractivity contribution in [2.45, 2.75) is 89.8 Å². The van der Waals surface area contributed by atoms with Crippen LogP contribution in [0.25, 0.3) is 0 Å². The molecule has 4 aliphatic rings. The minimum absolute atomic E-state index is 0.172. The van der Waals surface area contributed by atoms with Crippen LogP contribution >= 0.6 is 47.8 Å². The van der Waals surface area contributed by atoms with Gasteiger partial charge in [0.2, 0.25) is 5.95 Å². The maximum absolute atomic E-state index is 13.2. The summed E-state index contributed by atoms with van der Waals surface area (Å²) >= 11 is 10.2. The first-order chi connectivity index (χ1) is 37.8. The van der Waals surface area contributed by atoms with Crippen LogP contribution in [0.4, 0.5) is 27.2 Å². The highest BCUT2D eigenvalue weighted by Crippen LogP contribution is 2.40. The normalized spacial score (nSPS) is 19.9. The largest absolute Gasteiger partial charge is 0.444 e. The molecule has 0 saturated carbocycles. The van der Waals surface area contributed by atoms with Crippen LogP contribution in [0.1, 0.15) is 55.4 Å². The maximum Gasteiger partial charge on any atom is 0.416 e. The molecule has 79 heavy (non-hydrogen) atoms. The molecule has 6 heterocycles. The Kier molecular flexibility index (Phi) is 20.4. The molecule has 420 valence electrons. The molecule has 4 aliphatic heterocycles. The predicted molar refractivity (Wildman–Crippen MR) is 325 cm³/mol. The number of hydrogen-bond donors (Lipinski definition) is 1. The Morgan fingerprint density at radius 3 is 1.25 bits per heavy atom. The number of carbonyl (C=O) groups is 2. The first-order valence-corrected chi connectivity index (χ1v) is 32.9. The molecule has 16 nitrogen and oxygen atoms in total. The van der Waals surface area contributed by atoms with Gasteiger partial charge in [-0.05, 0) is 92.5 Å². The van der Waals surface area contributed by atoms with E-state index in [2.05, 4.69) is 212 Å². The highest BCUT2D eigenvalue weighted by Gasteiger charge is 2.54. The lowest BCUT2D eigenvalue weighted by Crippen LogP contribution is -2.67. The van der Waals surface area contributed by atoms with Crippen LogP contribution in [-0.4, -0.2) is 139 Å². The van der Waals surface area contributed by atoms with E-state index in [1.165, 1.54) is 20.7 Å². The lowest BCUT2D eigenvalue weighted by molar-refractivity contribution is 0.109. The fraction of sp³-hybridized carbons (Fsp3) is 0.414. The first-order valence-electron chi connectivity index (χ1n) is 26.7. The number of nitrogens with one attached hydrogen (secondary N) is 1. The number of morpholine rings is 2. The molecule has 10 rings (SSSR count). The Balaban J connectivity index is 0.000000189. The van der Waals surface area contributed by atoms with Crippen LogP contribution in [0.15, 0.2) is 147 Å². The fourth-order valence-electron chi connectivity index (χ4n) is 10.6. The van der Waals surface area contributed by atoms with Crippen molar-refractivity contribution >= 4 is 115 Å². The summed E-state index contributed by atoms with van der Waals surface area (Å²) in [6.45, 7) is 24.3. The molecule has 0 spiro atoms. The number of cyclic esters (lactones) is 2. The van der Waals surface area contributed by atoms with Crippen molar-refractivity contribution in [3.8, 4) is 0 Å². The van der Waals surface area contributed by atoms with E-state index < -0.39 is 28.8 Å². The third-order valence-electron chi connectivity index (χ3n) is 14.4. The van der Waals surface area contributed by atoms with Crippen LogP contribution in [0, 0.1) is 0 Å². The van der Waals surface area contributed by atoms with Crippen molar-refractivity contribution in [3.05, 3.63) is 147 Å². The third-order valence-corrected chi connectivity index (χ3v) is 25.6. The van der Waals surface area contributed by atoms with Crippen LogP contribution in [-0.2, 0) is 27.8 Å². The molecule has 4 fully saturated rings. The number of rotatable bonds is 13. The molecular formula is C58H71Br3N8O8Si2. The van der Waals surface area contributed by atoms with Crippen molar-refractivity contribution in [1.82, 2.24) is 25.3 Å². The number of amides is 2. The summed E-state index contributed by atoms with van der Waals surface area (Å²) in [6.07, 6.45) is -1.62. The Morgan fingerprint density at radius 1 is 0.544 bits per heavy atom. The molecule has 4 atom stereocenters. The van der Waals surface area contributed by atoms with Crippen molar-refractivity contribution in [1.29, 1.82) is 0 Å². The van der Waals surface area contributed by atoms with Gasteiger partial charge in [0.1, 0.15) is 45.1 Å². The number of carbonyl (C=O) groups excluding carboxylic acids is 2. The van der Waals surface area contributed by atoms with Crippen molar-refractivity contribution in [3.63, 3.8) is 0 Å². The summed E-state index contributed by atoms with van der Waals surface area (Å²) in [6, 6.07) is 44.6. The third kappa shape index (κ3) is 13.9. The van der Waals surface area contributed by atoms with Gasteiger partial charge in [-0.1, -0.05) is 163 Å². The molecule has 6 aromatic rings. The number of benzene rings is 4. The Labute approximate surface area is 492 Å². The Morgan fingerprint density at radius 2 is 0.911 bits per heavy atom.